The molecule has 3 heterocycles. The molecular weight excluding hydrogens is 466 g/mol. The molecule has 36 heavy (non-hydrogen) atoms. The molecule has 1 saturated carbocycles. The number of benzene rings is 1. The summed E-state index contributed by atoms with van der Waals surface area (Å²) in [6.07, 6.45) is 3.13. The van der Waals surface area contributed by atoms with E-state index in [1.54, 1.807) is 12.0 Å². The van der Waals surface area contributed by atoms with Gasteiger partial charge < -0.3 is 15.0 Å². The molecule has 2 atom stereocenters. The molecule has 0 unspecified atom stereocenters. The van der Waals surface area contributed by atoms with E-state index in [9.17, 15) is 18.4 Å². The second-order valence-electron chi connectivity index (χ2n) is 11.3. The van der Waals surface area contributed by atoms with Gasteiger partial charge >= 0.3 is 0 Å². The van der Waals surface area contributed by atoms with Crippen LogP contribution in [0.3, 0.4) is 0 Å². The highest BCUT2D eigenvalue weighted by Crippen LogP contribution is 2.38. The van der Waals surface area contributed by atoms with Crippen LogP contribution in [0.15, 0.2) is 24.3 Å². The fourth-order valence-corrected chi connectivity index (χ4v) is 6.61. The number of carbonyl (C=O) groups is 2. The van der Waals surface area contributed by atoms with E-state index >= 15 is 0 Å². The predicted molar refractivity (Wildman–Crippen MR) is 132 cm³/mol. The molecule has 1 aliphatic carbocycles. The number of likely N-dealkylation sites (tertiary alicyclic amines) is 1. The molecule has 0 bridgehead atoms. The van der Waals surface area contributed by atoms with Crippen LogP contribution < -0.4 is 10.1 Å². The maximum atomic E-state index is 13.6. The number of ether oxygens (including phenoxy) is 1. The van der Waals surface area contributed by atoms with E-state index < -0.39 is 17.5 Å². The standard InChI is InChI=1S/C27H38F2N4O3/c1-31(20-6-8-27(28,29)9-7-20)21-15-23-25(35)30-26(16-24(34)33(23)18-21)10-12-32(13-11-26)17-19-4-3-5-22(14-19)36-2/h3-5,14,20-21,23H,6-13,15-18H2,1-2H3,(H,30,35)/t21-,23-/m0/s1. The quantitative estimate of drug-likeness (QED) is 0.668. The summed E-state index contributed by atoms with van der Waals surface area (Å²) in [5.74, 6) is -1.75. The van der Waals surface area contributed by atoms with Crippen molar-refractivity contribution in [2.75, 3.05) is 33.8 Å². The molecule has 1 N–H and O–H groups in total. The Morgan fingerprint density at radius 2 is 1.83 bits per heavy atom. The summed E-state index contributed by atoms with van der Waals surface area (Å²) in [5.41, 5.74) is 0.698. The number of carbonyl (C=O) groups excluding carboxylic acids is 2. The van der Waals surface area contributed by atoms with Crippen molar-refractivity contribution in [3.8, 4) is 5.75 Å². The largest absolute Gasteiger partial charge is 0.497 e. The maximum absolute atomic E-state index is 13.6. The van der Waals surface area contributed by atoms with Crippen molar-refractivity contribution >= 4 is 11.8 Å². The molecule has 3 saturated heterocycles. The Labute approximate surface area is 212 Å². The van der Waals surface area contributed by atoms with E-state index in [0.717, 1.165) is 38.2 Å². The second-order valence-corrected chi connectivity index (χ2v) is 11.3. The predicted octanol–water partition coefficient (Wildman–Crippen LogP) is 3.03. The second kappa shape index (κ2) is 9.89. The van der Waals surface area contributed by atoms with Gasteiger partial charge in [0, 0.05) is 51.1 Å². The van der Waals surface area contributed by atoms with Crippen LogP contribution >= 0.6 is 0 Å². The van der Waals surface area contributed by atoms with Crippen molar-refractivity contribution in [3.05, 3.63) is 29.8 Å². The third-order valence-electron chi connectivity index (χ3n) is 8.97. The number of fused-ring (bicyclic) bond motifs is 1. The molecule has 1 aromatic carbocycles. The number of methoxy groups -OCH3 is 1. The Hall–Kier alpha value is -2.26. The van der Waals surface area contributed by atoms with Crippen molar-refractivity contribution in [3.63, 3.8) is 0 Å². The lowest BCUT2D eigenvalue weighted by atomic mass is 9.83. The van der Waals surface area contributed by atoms with Crippen molar-refractivity contribution in [1.29, 1.82) is 0 Å². The molecule has 5 rings (SSSR count). The zero-order valence-electron chi connectivity index (χ0n) is 21.3. The van der Waals surface area contributed by atoms with Gasteiger partial charge in [0.15, 0.2) is 0 Å². The lowest BCUT2D eigenvalue weighted by molar-refractivity contribution is -0.135. The zero-order valence-corrected chi connectivity index (χ0v) is 21.3. The van der Waals surface area contributed by atoms with Crippen LogP contribution in [-0.4, -0.2) is 89.9 Å². The first kappa shape index (κ1) is 25.4. The molecule has 1 aromatic rings. The third-order valence-corrected chi connectivity index (χ3v) is 8.97. The van der Waals surface area contributed by atoms with E-state index in [0.29, 0.717) is 32.2 Å². The van der Waals surface area contributed by atoms with E-state index in [2.05, 4.69) is 21.2 Å². The summed E-state index contributed by atoms with van der Waals surface area (Å²) in [7, 11) is 3.63. The van der Waals surface area contributed by atoms with Crippen molar-refractivity contribution in [2.45, 2.75) is 87.5 Å². The Morgan fingerprint density at radius 1 is 1.11 bits per heavy atom. The minimum atomic E-state index is -2.56. The lowest BCUT2D eigenvalue weighted by Crippen LogP contribution is -2.56. The van der Waals surface area contributed by atoms with E-state index in [1.165, 1.54) is 5.56 Å². The van der Waals surface area contributed by atoms with Gasteiger partial charge in [0.25, 0.3) is 0 Å². The summed E-state index contributed by atoms with van der Waals surface area (Å²) in [6, 6.07) is 7.70. The fourth-order valence-electron chi connectivity index (χ4n) is 6.61. The topological polar surface area (TPSA) is 65.1 Å². The number of alkyl halides is 2. The molecule has 198 valence electrons. The minimum absolute atomic E-state index is 0.0279. The van der Waals surface area contributed by atoms with Gasteiger partial charge in [0.1, 0.15) is 11.8 Å². The van der Waals surface area contributed by atoms with Crippen LogP contribution in [0.2, 0.25) is 0 Å². The Kier molecular flexibility index (Phi) is 6.98. The number of nitrogens with one attached hydrogen (secondary N) is 1. The van der Waals surface area contributed by atoms with Crippen LogP contribution in [0, 0.1) is 0 Å². The normalized spacial score (nSPS) is 28.8. The number of amides is 2. The number of likely N-dealkylation sites (N-methyl/N-ethyl adjacent to an activating group) is 1. The number of hydrogen-bond acceptors (Lipinski definition) is 5. The van der Waals surface area contributed by atoms with Crippen LogP contribution in [0.4, 0.5) is 8.78 Å². The first-order valence-corrected chi connectivity index (χ1v) is 13.2. The average Bonchev–Trinajstić information content (AvgIpc) is 3.28. The monoisotopic (exact) mass is 504 g/mol. The fraction of sp³-hybridized carbons (Fsp3) is 0.704. The van der Waals surface area contributed by atoms with Crippen LogP contribution in [0.5, 0.6) is 5.75 Å². The first-order chi connectivity index (χ1) is 17.2. The maximum Gasteiger partial charge on any atom is 0.248 e. The SMILES string of the molecule is COc1cccc(CN2CCC3(CC2)CC(=O)N2C[C@@H](N(C)C4CCC(F)(F)CC4)C[C@H]2C(=O)N3)c1. The van der Waals surface area contributed by atoms with Crippen molar-refractivity contribution < 1.29 is 23.1 Å². The summed E-state index contributed by atoms with van der Waals surface area (Å²) in [5, 5.41) is 3.28. The highest BCUT2D eigenvalue weighted by atomic mass is 19.3. The van der Waals surface area contributed by atoms with Crippen LogP contribution in [0.25, 0.3) is 0 Å². The zero-order chi connectivity index (χ0) is 25.5. The molecule has 3 aliphatic heterocycles. The molecule has 4 aliphatic rings. The minimum Gasteiger partial charge on any atom is -0.497 e. The summed E-state index contributed by atoms with van der Waals surface area (Å²) < 4.78 is 32.6. The van der Waals surface area contributed by atoms with Gasteiger partial charge in [0.05, 0.1) is 19.1 Å². The Bertz CT molecular complexity index is 944. The summed E-state index contributed by atoms with van der Waals surface area (Å²) in [6.45, 7) is 2.93. The molecule has 7 nitrogen and oxygen atoms in total. The van der Waals surface area contributed by atoms with Gasteiger partial charge in [-0.1, -0.05) is 12.1 Å². The number of halogens is 2. The first-order valence-electron chi connectivity index (χ1n) is 13.2. The van der Waals surface area contributed by atoms with Crippen molar-refractivity contribution in [1.82, 2.24) is 20.0 Å². The van der Waals surface area contributed by atoms with Crippen molar-refractivity contribution in [2.24, 2.45) is 0 Å². The third kappa shape index (κ3) is 5.23. The molecule has 4 fully saturated rings. The van der Waals surface area contributed by atoms with Gasteiger partial charge in [-0.15, -0.1) is 0 Å². The van der Waals surface area contributed by atoms with Crippen LogP contribution in [-0.2, 0) is 16.1 Å². The molecule has 0 aromatic heterocycles. The van der Waals surface area contributed by atoms with Gasteiger partial charge in [0.2, 0.25) is 17.7 Å². The number of hydrogen-bond donors (Lipinski definition) is 1. The summed E-state index contributed by atoms with van der Waals surface area (Å²) >= 11 is 0. The smallest absolute Gasteiger partial charge is 0.248 e. The number of nitrogens with zero attached hydrogens (tertiary/aromatic N) is 3. The molecule has 9 heteroatoms. The lowest BCUT2D eigenvalue weighted by Gasteiger charge is -2.41. The highest BCUT2D eigenvalue weighted by Gasteiger charge is 2.50. The van der Waals surface area contributed by atoms with E-state index in [4.69, 9.17) is 4.74 Å². The Balaban J connectivity index is 1.18. The van der Waals surface area contributed by atoms with E-state index in [-0.39, 0.29) is 36.7 Å². The summed E-state index contributed by atoms with van der Waals surface area (Å²) in [4.78, 5) is 33.0. The average molecular weight is 505 g/mol. The van der Waals surface area contributed by atoms with Gasteiger partial charge in [-0.3, -0.25) is 19.4 Å². The molecule has 2 amide bonds. The molecule has 1 spiro atoms. The van der Waals surface area contributed by atoms with Crippen LogP contribution in [0.1, 0.15) is 56.9 Å². The highest BCUT2D eigenvalue weighted by molar-refractivity contribution is 5.92. The number of rotatable bonds is 5. The van der Waals surface area contributed by atoms with Gasteiger partial charge in [-0.05, 0) is 56.8 Å². The van der Waals surface area contributed by atoms with Gasteiger partial charge in [-0.2, -0.15) is 0 Å². The van der Waals surface area contributed by atoms with E-state index in [1.807, 2.05) is 25.2 Å². The molecule has 0 radical (unpaired) electrons. The number of piperidine rings is 1. The van der Waals surface area contributed by atoms with Gasteiger partial charge in [-0.25, -0.2) is 8.78 Å². The molecular formula is C27H38F2N4O3. The Morgan fingerprint density at radius 3 is 2.53 bits per heavy atom.